The molecule has 0 saturated heterocycles. The summed E-state index contributed by atoms with van der Waals surface area (Å²) in [7, 11) is 0. The number of rotatable bonds is 6. The van der Waals surface area contributed by atoms with E-state index in [0.717, 1.165) is 61.3 Å². The van der Waals surface area contributed by atoms with Gasteiger partial charge >= 0.3 is 0 Å². The topological polar surface area (TPSA) is 48.5 Å². The minimum Gasteiger partial charge on any atom is -0.309 e. The Morgan fingerprint density at radius 3 is 0.944 bits per heavy atom. The molecule has 0 N–H and O–H groups in total. The van der Waals surface area contributed by atoms with E-state index >= 15 is 0 Å². The molecule has 0 radical (unpaired) electrons. The zero-order valence-corrected chi connectivity index (χ0v) is 44.0. The zero-order valence-electron chi connectivity index (χ0n) is 44.0. The minimum atomic E-state index is -0.0986. The fourth-order valence-electron chi connectivity index (χ4n) is 10.4. The highest BCUT2D eigenvalue weighted by molar-refractivity contribution is 6.11. The lowest BCUT2D eigenvalue weighted by Crippen LogP contribution is -2.17. The van der Waals surface area contributed by atoms with E-state index in [9.17, 15) is 0 Å². The van der Waals surface area contributed by atoms with E-state index in [4.69, 9.17) is 15.0 Å². The molecule has 358 valence electrons. The van der Waals surface area contributed by atoms with Crippen molar-refractivity contribution in [3.05, 3.63) is 198 Å². The van der Waals surface area contributed by atoms with Crippen LogP contribution in [0.2, 0.25) is 0 Å². The molecule has 0 aliphatic heterocycles. The molecule has 0 amide bonds. The average molecular weight is 940 g/mol. The number of benzene rings is 8. The van der Waals surface area contributed by atoms with Gasteiger partial charge in [-0.25, -0.2) is 15.0 Å². The average Bonchev–Trinajstić information content (AvgIpc) is 3.88. The van der Waals surface area contributed by atoms with Crippen LogP contribution >= 0.6 is 0 Å². The Kier molecular flexibility index (Phi) is 11.0. The molecule has 5 nitrogen and oxygen atoms in total. The molecule has 0 fully saturated rings. The monoisotopic (exact) mass is 940 g/mol. The van der Waals surface area contributed by atoms with E-state index in [0.29, 0.717) is 17.5 Å². The van der Waals surface area contributed by atoms with Crippen LogP contribution in [-0.4, -0.2) is 24.1 Å². The molecular formula is C67H65N5. The highest BCUT2D eigenvalue weighted by atomic mass is 15.0. The van der Waals surface area contributed by atoms with Crippen molar-refractivity contribution in [2.75, 3.05) is 0 Å². The molecule has 0 saturated carbocycles. The van der Waals surface area contributed by atoms with Gasteiger partial charge in [0.05, 0.1) is 33.4 Å². The van der Waals surface area contributed by atoms with Gasteiger partial charge in [0, 0.05) is 49.4 Å². The fourth-order valence-corrected chi connectivity index (χ4v) is 10.4. The Morgan fingerprint density at radius 1 is 0.278 bits per heavy atom. The van der Waals surface area contributed by atoms with Crippen LogP contribution < -0.4 is 0 Å². The highest BCUT2D eigenvalue weighted by Crippen LogP contribution is 2.43. The van der Waals surface area contributed by atoms with E-state index in [1.54, 1.807) is 0 Å². The summed E-state index contributed by atoms with van der Waals surface area (Å²) in [5.41, 5.74) is 16.4. The lowest BCUT2D eigenvalue weighted by Gasteiger charge is -2.26. The van der Waals surface area contributed by atoms with Gasteiger partial charge in [-0.1, -0.05) is 186 Å². The summed E-state index contributed by atoms with van der Waals surface area (Å²) in [5.74, 6) is 1.93. The van der Waals surface area contributed by atoms with Crippen LogP contribution in [0.4, 0.5) is 0 Å². The van der Waals surface area contributed by atoms with E-state index < -0.39 is 0 Å². The van der Waals surface area contributed by atoms with Crippen LogP contribution in [0.15, 0.2) is 176 Å². The molecule has 8 aromatic carbocycles. The van der Waals surface area contributed by atoms with E-state index in [1.165, 1.54) is 43.8 Å². The standard InChI is InChI=1S/C67H65N5/c1-64(2,3)45-35-43(36-46(40-45)65(4,5)6)62-68-61(69-63(70-62)44-37-47(66(7,8)9)41-48(38-44)67(10,11)12)42-33-34-60(72-57-30-20-15-25-51(57)52-26-16-21-31-58(52)72)54(39-42)53-27-17-22-32-59(53)71-55-28-18-13-23-49(55)50-24-14-19-29-56(50)71/h13-41H,1-12H3. The van der Waals surface area contributed by atoms with Crippen LogP contribution in [0.1, 0.15) is 105 Å². The smallest absolute Gasteiger partial charge is 0.164 e. The Hall–Kier alpha value is -7.63. The minimum absolute atomic E-state index is 0.0986. The van der Waals surface area contributed by atoms with Gasteiger partial charge in [0.2, 0.25) is 0 Å². The van der Waals surface area contributed by atoms with Crippen LogP contribution in [0.3, 0.4) is 0 Å². The molecule has 3 aromatic heterocycles. The SMILES string of the molecule is CC(C)(C)c1cc(-c2nc(-c3cc(C(C)(C)C)cc(C(C)(C)C)c3)nc(-c3ccc(-n4c5ccccc5c5ccccc54)c(-c4ccccc4-n4c5ccccc5c5ccccc54)c3)n2)cc(C(C)(C)C)c1. The first-order valence-electron chi connectivity index (χ1n) is 25.5. The molecule has 11 rings (SSSR count). The number of fused-ring (bicyclic) bond motifs is 6. The van der Waals surface area contributed by atoms with Crippen LogP contribution in [0.25, 0.3) is 100 Å². The second-order valence-electron chi connectivity index (χ2n) is 23.9. The van der Waals surface area contributed by atoms with Crippen molar-refractivity contribution >= 4 is 43.6 Å². The molecule has 5 heteroatoms. The summed E-state index contributed by atoms with van der Waals surface area (Å²) in [5, 5.41) is 4.87. The second kappa shape index (κ2) is 17.0. The Balaban J connectivity index is 1.23. The third-order valence-electron chi connectivity index (χ3n) is 14.6. The van der Waals surface area contributed by atoms with Gasteiger partial charge in [-0.05, 0) is 117 Å². The van der Waals surface area contributed by atoms with Gasteiger partial charge in [-0.15, -0.1) is 0 Å². The summed E-state index contributed by atoms with van der Waals surface area (Å²) in [6, 6.07) is 64.6. The quantitative estimate of drug-likeness (QED) is 0.167. The maximum atomic E-state index is 5.54. The predicted octanol–water partition coefficient (Wildman–Crippen LogP) is 17.9. The molecule has 0 unspecified atom stereocenters. The maximum Gasteiger partial charge on any atom is 0.164 e. The van der Waals surface area contributed by atoms with Crippen molar-refractivity contribution in [1.29, 1.82) is 0 Å². The van der Waals surface area contributed by atoms with Gasteiger partial charge in [0.25, 0.3) is 0 Å². The zero-order chi connectivity index (χ0) is 50.5. The molecule has 0 atom stereocenters. The van der Waals surface area contributed by atoms with E-state index in [-0.39, 0.29) is 21.7 Å². The lowest BCUT2D eigenvalue weighted by atomic mass is 9.79. The summed E-state index contributed by atoms with van der Waals surface area (Å²) >= 11 is 0. The van der Waals surface area contributed by atoms with Crippen molar-refractivity contribution < 1.29 is 0 Å². The summed E-state index contributed by atoms with van der Waals surface area (Å²) in [6.07, 6.45) is 0. The molecule has 11 aromatic rings. The number of hydrogen-bond acceptors (Lipinski definition) is 3. The molecular weight excluding hydrogens is 875 g/mol. The lowest BCUT2D eigenvalue weighted by molar-refractivity contribution is 0.568. The number of aromatic nitrogens is 5. The first kappa shape index (κ1) is 46.7. The molecule has 0 bridgehead atoms. The van der Waals surface area contributed by atoms with Gasteiger partial charge in [0.15, 0.2) is 17.5 Å². The largest absolute Gasteiger partial charge is 0.309 e. The highest BCUT2D eigenvalue weighted by Gasteiger charge is 2.27. The Bertz CT molecular complexity index is 3640. The van der Waals surface area contributed by atoms with Crippen molar-refractivity contribution in [3.63, 3.8) is 0 Å². The van der Waals surface area contributed by atoms with Crippen LogP contribution in [0, 0.1) is 0 Å². The fraction of sp³-hybridized carbons (Fsp3) is 0.239. The molecule has 0 aliphatic carbocycles. The van der Waals surface area contributed by atoms with Crippen molar-refractivity contribution in [2.45, 2.75) is 105 Å². The summed E-state index contributed by atoms with van der Waals surface area (Å²) < 4.78 is 4.88. The molecule has 0 aliphatic rings. The summed E-state index contributed by atoms with van der Waals surface area (Å²) in [4.78, 5) is 16.5. The van der Waals surface area contributed by atoms with E-state index in [2.05, 4.69) is 268 Å². The number of nitrogens with zero attached hydrogens (tertiary/aromatic N) is 5. The Labute approximate surface area is 425 Å². The van der Waals surface area contributed by atoms with Crippen molar-refractivity contribution in [1.82, 2.24) is 24.1 Å². The molecule has 72 heavy (non-hydrogen) atoms. The number of para-hydroxylation sites is 5. The van der Waals surface area contributed by atoms with Gasteiger partial charge in [0.1, 0.15) is 0 Å². The maximum absolute atomic E-state index is 5.54. The predicted molar refractivity (Wildman–Crippen MR) is 305 cm³/mol. The normalized spacial score (nSPS) is 12.7. The van der Waals surface area contributed by atoms with E-state index in [1.807, 2.05) is 0 Å². The molecule has 0 spiro atoms. The van der Waals surface area contributed by atoms with Gasteiger partial charge in [-0.3, -0.25) is 0 Å². The number of hydrogen-bond donors (Lipinski definition) is 0. The van der Waals surface area contributed by atoms with Crippen LogP contribution in [-0.2, 0) is 21.7 Å². The van der Waals surface area contributed by atoms with Gasteiger partial charge < -0.3 is 9.13 Å². The second-order valence-corrected chi connectivity index (χ2v) is 23.9. The molecule has 3 heterocycles. The van der Waals surface area contributed by atoms with Crippen LogP contribution in [0.5, 0.6) is 0 Å². The summed E-state index contributed by atoms with van der Waals surface area (Å²) in [6.45, 7) is 27.4. The van der Waals surface area contributed by atoms with Crippen molar-refractivity contribution in [3.8, 4) is 56.7 Å². The Morgan fingerprint density at radius 2 is 0.583 bits per heavy atom. The van der Waals surface area contributed by atoms with Gasteiger partial charge in [-0.2, -0.15) is 0 Å². The third kappa shape index (κ3) is 8.29. The first-order chi connectivity index (χ1) is 34.2. The third-order valence-corrected chi connectivity index (χ3v) is 14.6. The first-order valence-corrected chi connectivity index (χ1v) is 25.5. The van der Waals surface area contributed by atoms with Crippen molar-refractivity contribution in [2.24, 2.45) is 0 Å².